The summed E-state index contributed by atoms with van der Waals surface area (Å²) in [7, 11) is 0. The van der Waals surface area contributed by atoms with E-state index in [-0.39, 0.29) is 6.61 Å². The van der Waals surface area contributed by atoms with Crippen LogP contribution in [0.25, 0.3) is 0 Å². The first-order valence-electron chi connectivity index (χ1n) is 3.48. The average Bonchev–Trinajstić information content (AvgIpc) is 2.37. The number of hydrogen-bond acceptors (Lipinski definition) is 5. The van der Waals surface area contributed by atoms with E-state index in [1.165, 1.54) is 11.5 Å². The zero-order chi connectivity index (χ0) is 8.10. The standard InChI is InChI=1S/C6H11N3OS/c1-5-8-6(11-9-5)7-3-2-4-10/h10H,2-4H2,1H3,(H,7,8,9). The van der Waals surface area contributed by atoms with Crippen molar-refractivity contribution in [1.29, 1.82) is 0 Å². The van der Waals surface area contributed by atoms with Gasteiger partial charge < -0.3 is 10.4 Å². The molecular weight excluding hydrogens is 162 g/mol. The molecule has 0 aliphatic carbocycles. The molecule has 1 heterocycles. The Kier molecular flexibility index (Phi) is 3.25. The number of hydrogen-bond donors (Lipinski definition) is 2. The maximum Gasteiger partial charge on any atom is 0.202 e. The highest BCUT2D eigenvalue weighted by molar-refractivity contribution is 7.09. The van der Waals surface area contributed by atoms with Gasteiger partial charge in [-0.1, -0.05) is 0 Å². The maximum absolute atomic E-state index is 8.48. The third-order valence-electron chi connectivity index (χ3n) is 1.14. The Morgan fingerprint density at radius 1 is 1.64 bits per heavy atom. The highest BCUT2D eigenvalue weighted by Gasteiger charge is 1.96. The molecule has 0 radical (unpaired) electrons. The quantitative estimate of drug-likeness (QED) is 0.656. The summed E-state index contributed by atoms with van der Waals surface area (Å²) in [4.78, 5) is 4.10. The number of aromatic nitrogens is 2. The van der Waals surface area contributed by atoms with Crippen LogP contribution in [0.1, 0.15) is 12.2 Å². The Hall–Kier alpha value is -0.680. The number of aliphatic hydroxyl groups is 1. The van der Waals surface area contributed by atoms with Gasteiger partial charge in [0.1, 0.15) is 5.82 Å². The van der Waals surface area contributed by atoms with E-state index in [4.69, 9.17) is 5.11 Å². The van der Waals surface area contributed by atoms with E-state index in [2.05, 4.69) is 14.7 Å². The van der Waals surface area contributed by atoms with Gasteiger partial charge in [-0.15, -0.1) is 0 Å². The summed E-state index contributed by atoms with van der Waals surface area (Å²) in [5, 5.41) is 12.4. The first kappa shape index (κ1) is 8.42. The summed E-state index contributed by atoms with van der Waals surface area (Å²) in [5.41, 5.74) is 0. The number of aryl methyl sites for hydroxylation is 1. The first-order chi connectivity index (χ1) is 5.33. The minimum atomic E-state index is 0.213. The van der Waals surface area contributed by atoms with Crippen LogP contribution in [-0.4, -0.2) is 27.6 Å². The van der Waals surface area contributed by atoms with Crippen molar-refractivity contribution in [2.24, 2.45) is 0 Å². The van der Waals surface area contributed by atoms with Crippen molar-refractivity contribution in [3.05, 3.63) is 5.82 Å². The van der Waals surface area contributed by atoms with Crippen molar-refractivity contribution in [2.45, 2.75) is 13.3 Å². The van der Waals surface area contributed by atoms with E-state index >= 15 is 0 Å². The number of nitrogens with zero attached hydrogens (tertiary/aromatic N) is 2. The van der Waals surface area contributed by atoms with Crippen LogP contribution < -0.4 is 5.32 Å². The molecule has 11 heavy (non-hydrogen) atoms. The van der Waals surface area contributed by atoms with E-state index < -0.39 is 0 Å². The zero-order valence-corrected chi connectivity index (χ0v) is 7.19. The van der Waals surface area contributed by atoms with E-state index in [1.54, 1.807) is 0 Å². The number of rotatable bonds is 4. The predicted molar refractivity (Wildman–Crippen MR) is 44.8 cm³/mol. The molecule has 4 nitrogen and oxygen atoms in total. The molecule has 0 aliphatic rings. The van der Waals surface area contributed by atoms with Gasteiger partial charge in [-0.2, -0.15) is 4.37 Å². The summed E-state index contributed by atoms with van der Waals surface area (Å²) < 4.78 is 4.00. The van der Waals surface area contributed by atoms with Crippen LogP contribution in [0.4, 0.5) is 5.13 Å². The number of nitrogens with one attached hydrogen (secondary N) is 1. The van der Waals surface area contributed by atoms with Crippen molar-refractivity contribution in [3.63, 3.8) is 0 Å². The third-order valence-corrected chi connectivity index (χ3v) is 1.90. The summed E-state index contributed by atoms with van der Waals surface area (Å²) in [5.74, 6) is 0.793. The van der Waals surface area contributed by atoms with Crippen LogP contribution in [0.2, 0.25) is 0 Å². The maximum atomic E-state index is 8.48. The molecule has 0 saturated heterocycles. The van der Waals surface area contributed by atoms with E-state index in [9.17, 15) is 0 Å². The number of anilines is 1. The molecule has 1 aromatic rings. The second kappa shape index (κ2) is 4.25. The molecular formula is C6H11N3OS. The molecule has 0 saturated carbocycles. The molecule has 2 N–H and O–H groups in total. The molecule has 0 spiro atoms. The van der Waals surface area contributed by atoms with Crippen LogP contribution in [-0.2, 0) is 0 Å². The van der Waals surface area contributed by atoms with Gasteiger partial charge >= 0.3 is 0 Å². The molecule has 0 unspecified atom stereocenters. The second-order valence-corrected chi connectivity index (χ2v) is 2.90. The van der Waals surface area contributed by atoms with Crippen LogP contribution in [0, 0.1) is 6.92 Å². The molecule has 1 rings (SSSR count). The minimum Gasteiger partial charge on any atom is -0.396 e. The molecule has 1 aromatic heterocycles. The molecule has 0 aromatic carbocycles. The lowest BCUT2D eigenvalue weighted by Gasteiger charge is -1.97. The van der Waals surface area contributed by atoms with Crippen molar-refractivity contribution in [1.82, 2.24) is 9.36 Å². The molecule has 5 heteroatoms. The van der Waals surface area contributed by atoms with Crippen molar-refractivity contribution in [3.8, 4) is 0 Å². The zero-order valence-electron chi connectivity index (χ0n) is 6.37. The summed E-state index contributed by atoms with van der Waals surface area (Å²) in [6, 6.07) is 0. The van der Waals surface area contributed by atoms with Gasteiger partial charge in [0.2, 0.25) is 5.13 Å². The van der Waals surface area contributed by atoms with Gasteiger partial charge in [-0.25, -0.2) is 4.98 Å². The topological polar surface area (TPSA) is 58.0 Å². The third kappa shape index (κ3) is 2.81. The van der Waals surface area contributed by atoms with Crippen molar-refractivity contribution >= 4 is 16.7 Å². The molecule has 0 amide bonds. The SMILES string of the molecule is Cc1nsc(NCCCO)n1. The molecule has 0 bridgehead atoms. The molecule has 0 fully saturated rings. The lowest BCUT2D eigenvalue weighted by molar-refractivity contribution is 0.292. The van der Waals surface area contributed by atoms with E-state index in [0.29, 0.717) is 0 Å². The van der Waals surface area contributed by atoms with Crippen LogP contribution in [0.15, 0.2) is 0 Å². The van der Waals surface area contributed by atoms with Crippen molar-refractivity contribution < 1.29 is 5.11 Å². The highest BCUT2D eigenvalue weighted by atomic mass is 32.1. The lowest BCUT2D eigenvalue weighted by atomic mass is 10.5. The lowest BCUT2D eigenvalue weighted by Crippen LogP contribution is -2.02. The Labute approximate surface area is 69.5 Å². The fraction of sp³-hybridized carbons (Fsp3) is 0.667. The summed E-state index contributed by atoms with van der Waals surface area (Å²) in [6.07, 6.45) is 0.749. The normalized spacial score (nSPS) is 10.0. The first-order valence-corrected chi connectivity index (χ1v) is 4.25. The monoisotopic (exact) mass is 173 g/mol. The van der Waals surface area contributed by atoms with Gasteiger partial charge in [0.25, 0.3) is 0 Å². The van der Waals surface area contributed by atoms with Gasteiger partial charge in [0.15, 0.2) is 0 Å². The Balaban J connectivity index is 2.27. The average molecular weight is 173 g/mol. The molecule has 62 valence electrons. The van der Waals surface area contributed by atoms with Crippen LogP contribution in [0.3, 0.4) is 0 Å². The minimum absolute atomic E-state index is 0.213. The summed E-state index contributed by atoms with van der Waals surface area (Å²) >= 11 is 1.35. The Morgan fingerprint density at radius 3 is 3.00 bits per heavy atom. The van der Waals surface area contributed by atoms with Crippen molar-refractivity contribution in [2.75, 3.05) is 18.5 Å². The van der Waals surface area contributed by atoms with E-state index in [0.717, 1.165) is 23.9 Å². The molecule has 0 atom stereocenters. The predicted octanol–water partition coefficient (Wildman–Crippen LogP) is 0.641. The van der Waals surface area contributed by atoms with Gasteiger partial charge in [0, 0.05) is 24.7 Å². The van der Waals surface area contributed by atoms with Gasteiger partial charge in [0.05, 0.1) is 0 Å². The van der Waals surface area contributed by atoms with Crippen LogP contribution in [0.5, 0.6) is 0 Å². The second-order valence-electron chi connectivity index (χ2n) is 2.15. The van der Waals surface area contributed by atoms with E-state index in [1.807, 2.05) is 6.92 Å². The van der Waals surface area contributed by atoms with Gasteiger partial charge in [-0.3, -0.25) is 0 Å². The largest absolute Gasteiger partial charge is 0.396 e. The van der Waals surface area contributed by atoms with Crippen LogP contribution >= 0.6 is 11.5 Å². The fourth-order valence-corrected chi connectivity index (χ4v) is 1.24. The fourth-order valence-electron chi connectivity index (χ4n) is 0.643. The molecule has 0 aliphatic heterocycles. The highest BCUT2D eigenvalue weighted by Crippen LogP contribution is 2.09. The Bertz CT molecular complexity index is 213. The number of aliphatic hydroxyl groups excluding tert-OH is 1. The smallest absolute Gasteiger partial charge is 0.202 e. The summed E-state index contributed by atoms with van der Waals surface area (Å²) in [6.45, 7) is 2.82. The Morgan fingerprint density at radius 2 is 2.45 bits per heavy atom. The van der Waals surface area contributed by atoms with Gasteiger partial charge in [-0.05, 0) is 13.3 Å².